The molecule has 13 heteroatoms. The van der Waals surface area contributed by atoms with Crippen LogP contribution < -0.4 is 30.2 Å². The van der Waals surface area contributed by atoms with Crippen LogP contribution in [0.1, 0.15) is 12.8 Å². The average Bonchev–Trinajstić information content (AvgIpc) is 3.01. The number of aliphatic hydroxyl groups excluding tert-OH is 1. The summed E-state index contributed by atoms with van der Waals surface area (Å²) in [6, 6.07) is 24.1. The van der Waals surface area contributed by atoms with Crippen molar-refractivity contribution in [3.8, 4) is 17.2 Å². The number of aliphatic hydroxyl groups is 1. The normalized spacial score (nSPS) is 11.7. The van der Waals surface area contributed by atoms with Crippen LogP contribution in [0.25, 0.3) is 0 Å². The molecule has 0 fully saturated rings. The summed E-state index contributed by atoms with van der Waals surface area (Å²) in [6.45, 7) is -0.258. The fourth-order valence-corrected chi connectivity index (χ4v) is 3.44. The Morgan fingerprint density at radius 1 is 0.628 bits per heavy atom. The largest absolute Gasteiger partial charge is 0.464 e. The molecule has 228 valence electrons. The van der Waals surface area contributed by atoms with Crippen LogP contribution in [0.3, 0.4) is 0 Å². The van der Waals surface area contributed by atoms with E-state index in [0.29, 0.717) is 11.5 Å². The SMILES string of the molecule is O=C(CCC(NC(=O)Oc1ccccc1)[C@H](O)OCCNC(=O)Oc1ccccc1)OCCNC(=O)Oc1ccccc1. The van der Waals surface area contributed by atoms with Crippen molar-refractivity contribution in [3.05, 3.63) is 91.0 Å². The van der Waals surface area contributed by atoms with E-state index in [4.69, 9.17) is 23.7 Å². The standard InChI is InChI=1S/C30H33N3O10/c34-26(39-20-18-31-28(36)41-22-10-4-1-5-11-22)17-16-25(33-30(38)43-24-14-8-3-9-15-24)27(35)40-21-19-32-29(37)42-23-12-6-2-7-13-23/h1-15,25,27,35H,16-21H2,(H,31,36)(H,32,37)(H,33,38)/t25?,27-/m1/s1. The molecule has 0 aliphatic heterocycles. The zero-order valence-corrected chi connectivity index (χ0v) is 23.2. The zero-order chi connectivity index (χ0) is 30.7. The fourth-order valence-electron chi connectivity index (χ4n) is 3.44. The van der Waals surface area contributed by atoms with Crippen molar-refractivity contribution in [1.29, 1.82) is 0 Å². The Morgan fingerprint density at radius 2 is 1.07 bits per heavy atom. The topological polar surface area (TPSA) is 171 Å². The van der Waals surface area contributed by atoms with Gasteiger partial charge < -0.3 is 44.7 Å². The second-order valence-electron chi connectivity index (χ2n) is 8.73. The maximum Gasteiger partial charge on any atom is 0.412 e. The predicted octanol–water partition coefficient (Wildman–Crippen LogP) is 3.38. The Kier molecular flexibility index (Phi) is 13.8. The van der Waals surface area contributed by atoms with Crippen LogP contribution in [0.15, 0.2) is 91.0 Å². The second kappa shape index (κ2) is 18.3. The lowest BCUT2D eigenvalue weighted by Crippen LogP contribution is -2.46. The highest BCUT2D eigenvalue weighted by molar-refractivity contribution is 5.72. The van der Waals surface area contributed by atoms with E-state index in [1.807, 2.05) is 0 Å². The maximum atomic E-state index is 12.4. The first-order valence-corrected chi connectivity index (χ1v) is 13.4. The van der Waals surface area contributed by atoms with E-state index in [2.05, 4.69) is 16.0 Å². The lowest BCUT2D eigenvalue weighted by Gasteiger charge is -2.24. The van der Waals surface area contributed by atoms with Crippen LogP contribution in [0.2, 0.25) is 0 Å². The molecule has 0 heterocycles. The highest BCUT2D eigenvalue weighted by Gasteiger charge is 2.24. The third kappa shape index (κ3) is 13.4. The van der Waals surface area contributed by atoms with Crippen molar-refractivity contribution in [2.24, 2.45) is 0 Å². The minimum atomic E-state index is -1.56. The van der Waals surface area contributed by atoms with Gasteiger partial charge in [-0.1, -0.05) is 54.6 Å². The Bertz CT molecular complexity index is 1280. The molecule has 13 nitrogen and oxygen atoms in total. The smallest absolute Gasteiger partial charge is 0.412 e. The van der Waals surface area contributed by atoms with Crippen LogP contribution in [0.4, 0.5) is 14.4 Å². The maximum absolute atomic E-state index is 12.4. The second-order valence-corrected chi connectivity index (χ2v) is 8.73. The Labute approximate surface area is 248 Å². The molecule has 0 aromatic heterocycles. The average molecular weight is 596 g/mol. The van der Waals surface area contributed by atoms with Crippen LogP contribution in [-0.2, 0) is 14.3 Å². The molecule has 0 saturated carbocycles. The van der Waals surface area contributed by atoms with Crippen molar-refractivity contribution >= 4 is 24.2 Å². The van der Waals surface area contributed by atoms with Gasteiger partial charge in [0, 0.05) is 13.0 Å². The van der Waals surface area contributed by atoms with E-state index in [0.717, 1.165) is 0 Å². The van der Waals surface area contributed by atoms with Gasteiger partial charge in [-0.2, -0.15) is 0 Å². The van der Waals surface area contributed by atoms with Gasteiger partial charge in [0.25, 0.3) is 0 Å². The van der Waals surface area contributed by atoms with Crippen molar-refractivity contribution in [1.82, 2.24) is 16.0 Å². The van der Waals surface area contributed by atoms with Gasteiger partial charge in [-0.25, -0.2) is 14.4 Å². The first-order valence-electron chi connectivity index (χ1n) is 13.4. The number of nitrogens with one attached hydrogen (secondary N) is 3. The van der Waals surface area contributed by atoms with Crippen LogP contribution in [0, 0.1) is 0 Å². The highest BCUT2D eigenvalue weighted by atomic mass is 16.6. The molecule has 1 unspecified atom stereocenters. The number of carbonyl (C=O) groups excluding carboxylic acids is 4. The molecule has 3 amide bonds. The summed E-state index contributed by atoms with van der Waals surface area (Å²) in [5.74, 6) is 0.355. The quantitative estimate of drug-likeness (QED) is 0.116. The van der Waals surface area contributed by atoms with Crippen molar-refractivity contribution in [3.63, 3.8) is 0 Å². The molecule has 43 heavy (non-hydrogen) atoms. The predicted molar refractivity (Wildman–Crippen MR) is 152 cm³/mol. The van der Waals surface area contributed by atoms with Crippen molar-refractivity contribution in [2.75, 3.05) is 26.3 Å². The molecule has 3 aromatic carbocycles. The molecule has 4 N–H and O–H groups in total. The van der Waals surface area contributed by atoms with Gasteiger partial charge >= 0.3 is 24.2 Å². The lowest BCUT2D eigenvalue weighted by atomic mass is 10.1. The minimum Gasteiger partial charge on any atom is -0.464 e. The number of esters is 1. The van der Waals surface area contributed by atoms with E-state index in [9.17, 15) is 24.3 Å². The third-order valence-corrected chi connectivity index (χ3v) is 5.46. The van der Waals surface area contributed by atoms with E-state index in [1.54, 1.807) is 91.0 Å². The summed E-state index contributed by atoms with van der Waals surface area (Å²) in [5.41, 5.74) is 0. The molecule has 0 aliphatic carbocycles. The number of rotatable bonds is 15. The van der Waals surface area contributed by atoms with Crippen LogP contribution in [0.5, 0.6) is 17.2 Å². The minimum absolute atomic E-state index is 0.00787. The van der Waals surface area contributed by atoms with E-state index in [1.165, 1.54) is 0 Å². The van der Waals surface area contributed by atoms with Gasteiger partial charge in [-0.15, -0.1) is 0 Å². The first-order chi connectivity index (χ1) is 20.9. The summed E-state index contributed by atoms with van der Waals surface area (Å²) >= 11 is 0. The third-order valence-electron chi connectivity index (χ3n) is 5.46. The summed E-state index contributed by atoms with van der Waals surface area (Å²) in [7, 11) is 0. The summed E-state index contributed by atoms with van der Waals surface area (Å²) in [6.07, 6.45) is -4.12. The number of amides is 3. The Hall–Kier alpha value is -5.14. The number of hydrogen-bond donors (Lipinski definition) is 4. The molecular formula is C30H33N3O10. The monoisotopic (exact) mass is 595 g/mol. The highest BCUT2D eigenvalue weighted by Crippen LogP contribution is 2.12. The molecule has 0 saturated heterocycles. The lowest BCUT2D eigenvalue weighted by molar-refractivity contribution is -0.145. The van der Waals surface area contributed by atoms with E-state index < -0.39 is 36.6 Å². The number of carbonyl (C=O) groups is 4. The Morgan fingerprint density at radius 3 is 1.56 bits per heavy atom. The number of benzene rings is 3. The number of ether oxygens (including phenoxy) is 5. The molecule has 0 bridgehead atoms. The molecule has 0 spiro atoms. The van der Waals surface area contributed by atoms with Crippen LogP contribution in [-0.4, -0.2) is 68.0 Å². The summed E-state index contributed by atoms with van der Waals surface area (Å²) in [4.78, 5) is 48.4. The first kappa shape index (κ1) is 32.4. The van der Waals surface area contributed by atoms with Crippen molar-refractivity contribution in [2.45, 2.75) is 25.2 Å². The van der Waals surface area contributed by atoms with Crippen molar-refractivity contribution < 1.29 is 48.0 Å². The van der Waals surface area contributed by atoms with Gasteiger partial charge in [-0.05, 0) is 42.8 Å². The number of hydrogen-bond acceptors (Lipinski definition) is 10. The Balaban J connectivity index is 1.41. The summed E-state index contributed by atoms with van der Waals surface area (Å²) < 4.78 is 25.8. The molecule has 3 aromatic rings. The van der Waals surface area contributed by atoms with Crippen LogP contribution >= 0.6 is 0 Å². The zero-order valence-electron chi connectivity index (χ0n) is 23.2. The van der Waals surface area contributed by atoms with Gasteiger partial charge in [0.15, 0.2) is 6.29 Å². The van der Waals surface area contributed by atoms with Gasteiger partial charge in [0.2, 0.25) is 0 Å². The van der Waals surface area contributed by atoms with E-state index in [-0.39, 0.29) is 44.9 Å². The molecule has 0 radical (unpaired) electrons. The van der Waals surface area contributed by atoms with Gasteiger partial charge in [0.1, 0.15) is 23.9 Å². The number of para-hydroxylation sites is 3. The summed E-state index contributed by atoms with van der Waals surface area (Å²) in [5, 5.41) is 18.0. The molecule has 3 rings (SSSR count). The molecule has 0 aliphatic rings. The molecular weight excluding hydrogens is 562 g/mol. The van der Waals surface area contributed by atoms with Gasteiger partial charge in [-0.3, -0.25) is 4.79 Å². The van der Waals surface area contributed by atoms with Gasteiger partial charge in [0.05, 0.1) is 19.2 Å². The molecule has 2 atom stereocenters. The van der Waals surface area contributed by atoms with E-state index >= 15 is 0 Å². The fraction of sp³-hybridized carbons (Fsp3) is 0.267.